The normalized spacial score (nSPS) is 17.8. The first-order valence-corrected chi connectivity index (χ1v) is 9.75. The lowest BCUT2D eigenvalue weighted by Gasteiger charge is -2.32. The van der Waals surface area contributed by atoms with Gasteiger partial charge in [0.05, 0.1) is 13.2 Å². The summed E-state index contributed by atoms with van der Waals surface area (Å²) in [6, 6.07) is 7.15. The van der Waals surface area contributed by atoms with Crippen LogP contribution in [0.2, 0.25) is 0 Å². The van der Waals surface area contributed by atoms with E-state index in [9.17, 15) is 14.0 Å². The highest BCUT2D eigenvalue weighted by molar-refractivity contribution is 5.78. The van der Waals surface area contributed by atoms with Crippen molar-refractivity contribution in [2.75, 3.05) is 26.2 Å². The van der Waals surface area contributed by atoms with Gasteiger partial charge in [-0.1, -0.05) is 18.2 Å². The summed E-state index contributed by atoms with van der Waals surface area (Å²) in [4.78, 5) is 28.0. The number of hydrogen-bond donors (Lipinski definition) is 1. The number of nitrogens with zero attached hydrogens (tertiary/aromatic N) is 2. The van der Waals surface area contributed by atoms with Gasteiger partial charge in [0.1, 0.15) is 5.82 Å². The first-order valence-electron chi connectivity index (χ1n) is 9.75. The Hall–Kier alpha value is -2.15. The average molecular weight is 377 g/mol. The maximum atomic E-state index is 13.9. The Morgan fingerprint density at radius 1 is 1.22 bits per heavy atom. The Kier molecular flexibility index (Phi) is 6.66. The lowest BCUT2D eigenvalue weighted by Crippen LogP contribution is -2.49. The van der Waals surface area contributed by atoms with E-state index in [1.54, 1.807) is 24.0 Å². The van der Waals surface area contributed by atoms with Crippen LogP contribution < -0.4 is 5.32 Å². The van der Waals surface area contributed by atoms with Gasteiger partial charge in [-0.05, 0) is 38.7 Å². The summed E-state index contributed by atoms with van der Waals surface area (Å²) >= 11 is 0. The van der Waals surface area contributed by atoms with Crippen molar-refractivity contribution in [3.63, 3.8) is 0 Å². The van der Waals surface area contributed by atoms with Crippen LogP contribution >= 0.6 is 0 Å². The second-order valence-corrected chi connectivity index (χ2v) is 7.26. The number of carbonyl (C=O) groups excluding carboxylic acids is 2. The molecule has 148 valence electrons. The van der Waals surface area contributed by atoms with Gasteiger partial charge in [-0.2, -0.15) is 0 Å². The van der Waals surface area contributed by atoms with Crippen LogP contribution in [0.25, 0.3) is 0 Å². The molecule has 0 aromatic heterocycles. The summed E-state index contributed by atoms with van der Waals surface area (Å²) in [5.74, 6) is -0.261. The first kappa shape index (κ1) is 19.6. The average Bonchev–Trinajstić information content (AvgIpc) is 3.49. The van der Waals surface area contributed by atoms with E-state index in [1.807, 2.05) is 6.07 Å². The Bertz CT molecular complexity index is 658. The van der Waals surface area contributed by atoms with Gasteiger partial charge < -0.3 is 15.0 Å². The molecular formula is C20H28FN3O3. The maximum absolute atomic E-state index is 13.9. The number of hydrogen-bond acceptors (Lipinski definition) is 4. The topological polar surface area (TPSA) is 61.9 Å². The number of ether oxygens (including phenoxy) is 1. The van der Waals surface area contributed by atoms with Crippen LogP contribution in [0.1, 0.15) is 38.2 Å². The van der Waals surface area contributed by atoms with Gasteiger partial charge >= 0.3 is 6.09 Å². The molecule has 1 saturated carbocycles. The SMILES string of the molecule is CCOC(=O)N1CCC(NC(=O)CN(Cc2ccccc2F)C2CC2)CC1. The molecule has 1 heterocycles. The molecule has 1 aliphatic carbocycles. The smallest absolute Gasteiger partial charge is 0.409 e. The van der Waals surface area contributed by atoms with Gasteiger partial charge in [0.25, 0.3) is 0 Å². The van der Waals surface area contributed by atoms with E-state index in [-0.39, 0.29) is 30.4 Å². The highest BCUT2D eigenvalue weighted by Crippen LogP contribution is 2.28. The van der Waals surface area contributed by atoms with Gasteiger partial charge in [0, 0.05) is 37.3 Å². The molecule has 1 aromatic carbocycles. The molecule has 6 nitrogen and oxygen atoms in total. The van der Waals surface area contributed by atoms with Crippen molar-refractivity contribution in [2.45, 2.75) is 51.2 Å². The van der Waals surface area contributed by atoms with E-state index < -0.39 is 0 Å². The zero-order chi connectivity index (χ0) is 19.2. The summed E-state index contributed by atoms with van der Waals surface area (Å²) in [6.45, 7) is 4.06. The third-order valence-electron chi connectivity index (χ3n) is 5.13. The number of likely N-dealkylation sites (tertiary alicyclic amines) is 1. The molecule has 2 fully saturated rings. The molecule has 0 unspecified atom stereocenters. The highest BCUT2D eigenvalue weighted by atomic mass is 19.1. The number of piperidine rings is 1. The molecule has 0 bridgehead atoms. The van der Waals surface area contributed by atoms with E-state index in [0.29, 0.717) is 37.8 Å². The third kappa shape index (κ3) is 5.66. The van der Waals surface area contributed by atoms with Crippen molar-refractivity contribution in [3.05, 3.63) is 35.6 Å². The minimum atomic E-state index is -0.285. The second kappa shape index (κ2) is 9.17. The van der Waals surface area contributed by atoms with Crippen LogP contribution in [0.4, 0.5) is 9.18 Å². The van der Waals surface area contributed by atoms with Crippen molar-refractivity contribution in [3.8, 4) is 0 Å². The second-order valence-electron chi connectivity index (χ2n) is 7.26. The Morgan fingerprint density at radius 3 is 2.56 bits per heavy atom. The van der Waals surface area contributed by atoms with E-state index in [1.165, 1.54) is 6.07 Å². The first-order chi connectivity index (χ1) is 13.1. The lowest BCUT2D eigenvalue weighted by atomic mass is 10.1. The van der Waals surface area contributed by atoms with Gasteiger partial charge in [-0.25, -0.2) is 9.18 Å². The molecule has 1 N–H and O–H groups in total. The number of carbonyl (C=O) groups is 2. The Labute approximate surface area is 159 Å². The van der Waals surface area contributed by atoms with Crippen molar-refractivity contribution in [1.29, 1.82) is 0 Å². The number of benzene rings is 1. The number of rotatable bonds is 7. The zero-order valence-corrected chi connectivity index (χ0v) is 15.8. The van der Waals surface area contributed by atoms with Crippen LogP contribution in [-0.4, -0.2) is 60.1 Å². The van der Waals surface area contributed by atoms with Gasteiger partial charge in [0.2, 0.25) is 5.91 Å². The molecule has 2 aliphatic rings. The fourth-order valence-corrected chi connectivity index (χ4v) is 3.48. The minimum absolute atomic E-state index is 0.0344. The number of nitrogens with one attached hydrogen (secondary N) is 1. The molecule has 2 amide bonds. The zero-order valence-electron chi connectivity index (χ0n) is 15.8. The van der Waals surface area contributed by atoms with E-state index in [2.05, 4.69) is 10.2 Å². The van der Waals surface area contributed by atoms with Gasteiger partial charge in [-0.3, -0.25) is 9.69 Å². The summed E-state index contributed by atoms with van der Waals surface area (Å²) < 4.78 is 18.9. The molecule has 1 aliphatic heterocycles. The van der Waals surface area contributed by atoms with Gasteiger partial charge in [-0.15, -0.1) is 0 Å². The Morgan fingerprint density at radius 2 is 1.93 bits per heavy atom. The maximum Gasteiger partial charge on any atom is 0.409 e. The highest BCUT2D eigenvalue weighted by Gasteiger charge is 2.31. The standard InChI is InChI=1S/C20H28FN3O3/c1-2-27-20(26)23-11-9-16(10-12-23)22-19(25)14-24(17-7-8-17)13-15-5-3-4-6-18(15)21/h3-6,16-17H,2,7-14H2,1H3,(H,22,25). The summed E-state index contributed by atoms with van der Waals surface area (Å²) in [6.07, 6.45) is 3.27. The molecule has 27 heavy (non-hydrogen) atoms. The predicted octanol–water partition coefficient (Wildman–Crippen LogP) is 2.53. The fourth-order valence-electron chi connectivity index (χ4n) is 3.48. The predicted molar refractivity (Wildman–Crippen MR) is 99.6 cm³/mol. The third-order valence-corrected chi connectivity index (χ3v) is 5.13. The molecule has 3 rings (SSSR count). The molecule has 7 heteroatoms. The molecule has 0 radical (unpaired) electrons. The summed E-state index contributed by atoms with van der Waals surface area (Å²) in [7, 11) is 0. The van der Waals surface area contributed by atoms with Crippen LogP contribution in [0.5, 0.6) is 0 Å². The van der Waals surface area contributed by atoms with Crippen LogP contribution in [0, 0.1) is 5.82 Å². The van der Waals surface area contributed by atoms with Crippen molar-refractivity contribution >= 4 is 12.0 Å². The summed E-state index contributed by atoms with van der Waals surface area (Å²) in [5, 5.41) is 3.07. The van der Waals surface area contributed by atoms with Crippen LogP contribution in [-0.2, 0) is 16.1 Å². The fraction of sp³-hybridized carbons (Fsp3) is 0.600. The molecule has 1 saturated heterocycles. The Balaban J connectivity index is 1.46. The van der Waals surface area contributed by atoms with Gasteiger partial charge in [0.15, 0.2) is 0 Å². The van der Waals surface area contributed by atoms with Crippen LogP contribution in [0.3, 0.4) is 0 Å². The van der Waals surface area contributed by atoms with Crippen molar-refractivity contribution in [1.82, 2.24) is 15.1 Å². The summed E-state index contributed by atoms with van der Waals surface area (Å²) in [5.41, 5.74) is 0.625. The van der Waals surface area contributed by atoms with Crippen molar-refractivity contribution < 1.29 is 18.7 Å². The van der Waals surface area contributed by atoms with Crippen molar-refractivity contribution in [2.24, 2.45) is 0 Å². The monoisotopic (exact) mass is 377 g/mol. The van der Waals surface area contributed by atoms with Crippen LogP contribution in [0.15, 0.2) is 24.3 Å². The van der Waals surface area contributed by atoms with E-state index >= 15 is 0 Å². The molecule has 0 spiro atoms. The molecule has 0 atom stereocenters. The van der Waals surface area contributed by atoms with E-state index in [0.717, 1.165) is 25.7 Å². The molecule has 1 aromatic rings. The van der Waals surface area contributed by atoms with E-state index in [4.69, 9.17) is 4.74 Å². The number of amides is 2. The minimum Gasteiger partial charge on any atom is -0.450 e. The molecular weight excluding hydrogens is 349 g/mol. The number of halogens is 1. The lowest BCUT2D eigenvalue weighted by molar-refractivity contribution is -0.123. The largest absolute Gasteiger partial charge is 0.450 e. The quantitative estimate of drug-likeness (QED) is 0.793.